The summed E-state index contributed by atoms with van der Waals surface area (Å²) in [6.07, 6.45) is 13.1. The number of aromatic nitrogens is 4. The second-order valence-electron chi connectivity index (χ2n) is 11.3. The van der Waals surface area contributed by atoms with Crippen molar-refractivity contribution in [1.82, 2.24) is 29.7 Å². The quantitative estimate of drug-likeness (QED) is 0.493. The predicted molar refractivity (Wildman–Crippen MR) is 147 cm³/mol. The summed E-state index contributed by atoms with van der Waals surface area (Å²) >= 11 is 0. The third kappa shape index (κ3) is 5.30. The number of carbonyl (C=O) groups excluding carboxylic acids is 1. The highest BCUT2D eigenvalue weighted by atomic mass is 16.3. The third-order valence-electron chi connectivity index (χ3n) is 8.70. The fraction of sp³-hybridized carbons (Fsp3) is 0.655. The Hall–Kier alpha value is -2.94. The van der Waals surface area contributed by atoms with Gasteiger partial charge >= 0.3 is 0 Å². The zero-order valence-electron chi connectivity index (χ0n) is 22.7. The average Bonchev–Trinajstić information content (AvgIpc) is 3.48. The molecule has 9 heteroatoms. The van der Waals surface area contributed by atoms with Crippen molar-refractivity contribution in [1.29, 1.82) is 0 Å². The summed E-state index contributed by atoms with van der Waals surface area (Å²) < 4.78 is 8.38. The number of hydrogen-bond acceptors (Lipinski definition) is 7. The van der Waals surface area contributed by atoms with Crippen molar-refractivity contribution >= 4 is 22.9 Å². The lowest BCUT2D eigenvalue weighted by atomic mass is 9.97. The van der Waals surface area contributed by atoms with E-state index in [1.807, 2.05) is 6.07 Å². The Labute approximate surface area is 225 Å². The number of furan rings is 1. The number of aryl methyl sites for hydroxylation is 2. The molecule has 6 rings (SSSR count). The van der Waals surface area contributed by atoms with Crippen LogP contribution in [-0.2, 0) is 30.8 Å². The smallest absolute Gasteiger partial charge is 0.225 e. The first-order chi connectivity index (χ1) is 18.7. The van der Waals surface area contributed by atoms with E-state index in [4.69, 9.17) is 9.40 Å². The molecule has 2 atom stereocenters. The molecule has 3 aliphatic heterocycles. The maximum Gasteiger partial charge on any atom is 0.225 e. The standard InChI is InChI=1S/C29H41N7O2/c1-2-22-10-5-7-14-34(22)19-24-13-12-23(38-24)17-30-29(37)21-9-8-15-35(18-21)27-26-28(32-20-31-27)36-16-6-3-4-11-25(36)33-26/h12-13,20-22H,2-11,14-19H2,1H3,(H,30,37)/t21-,22+/m0/s1. The lowest BCUT2D eigenvalue weighted by molar-refractivity contribution is -0.125. The van der Waals surface area contributed by atoms with Crippen molar-refractivity contribution in [3.05, 3.63) is 35.8 Å². The Morgan fingerprint density at radius 2 is 1.92 bits per heavy atom. The molecule has 3 aromatic rings. The first-order valence-corrected chi connectivity index (χ1v) is 14.7. The highest BCUT2D eigenvalue weighted by Crippen LogP contribution is 2.29. The molecule has 0 aliphatic carbocycles. The summed E-state index contributed by atoms with van der Waals surface area (Å²) in [5, 5.41) is 3.14. The molecule has 0 unspecified atom stereocenters. The minimum atomic E-state index is -0.0812. The van der Waals surface area contributed by atoms with Crippen LogP contribution in [0.15, 0.2) is 22.9 Å². The van der Waals surface area contributed by atoms with Crippen LogP contribution in [0.3, 0.4) is 0 Å². The SMILES string of the molecule is CC[C@@H]1CCCCN1Cc1ccc(CNC(=O)[C@H]2CCCN(c3ncnc4c3nc3n4CCCCC3)C2)o1. The van der Waals surface area contributed by atoms with Crippen molar-refractivity contribution in [2.45, 2.75) is 96.8 Å². The summed E-state index contributed by atoms with van der Waals surface area (Å²) in [7, 11) is 0. The van der Waals surface area contributed by atoms with E-state index < -0.39 is 0 Å². The number of piperidine rings is 2. The number of amides is 1. The van der Waals surface area contributed by atoms with Gasteiger partial charge in [-0.05, 0) is 63.6 Å². The number of carbonyl (C=O) groups is 1. The maximum atomic E-state index is 13.2. The molecule has 0 radical (unpaired) electrons. The zero-order valence-corrected chi connectivity index (χ0v) is 22.7. The van der Waals surface area contributed by atoms with Gasteiger partial charge in [-0.2, -0.15) is 0 Å². The van der Waals surface area contributed by atoms with Crippen molar-refractivity contribution in [2.75, 3.05) is 24.5 Å². The van der Waals surface area contributed by atoms with Gasteiger partial charge in [0.15, 0.2) is 17.0 Å². The molecule has 3 aliphatic rings. The summed E-state index contributed by atoms with van der Waals surface area (Å²) in [5.74, 6) is 3.80. The molecule has 0 aromatic carbocycles. The molecule has 3 aromatic heterocycles. The molecule has 1 amide bonds. The van der Waals surface area contributed by atoms with E-state index in [2.05, 4.69) is 42.6 Å². The first kappa shape index (κ1) is 25.3. The highest BCUT2D eigenvalue weighted by molar-refractivity contribution is 5.85. The Balaban J connectivity index is 1.07. The van der Waals surface area contributed by atoms with E-state index in [9.17, 15) is 4.79 Å². The molecule has 2 saturated heterocycles. The number of hydrogen-bond donors (Lipinski definition) is 1. The predicted octanol–water partition coefficient (Wildman–Crippen LogP) is 4.44. The molecule has 1 N–H and O–H groups in total. The van der Waals surface area contributed by atoms with Crippen molar-refractivity contribution < 1.29 is 9.21 Å². The van der Waals surface area contributed by atoms with E-state index >= 15 is 0 Å². The monoisotopic (exact) mass is 519 g/mol. The van der Waals surface area contributed by atoms with Crippen molar-refractivity contribution in [3.8, 4) is 0 Å². The Morgan fingerprint density at radius 3 is 2.84 bits per heavy atom. The first-order valence-electron chi connectivity index (χ1n) is 14.7. The minimum Gasteiger partial charge on any atom is -0.463 e. The Morgan fingerprint density at radius 1 is 1.03 bits per heavy atom. The molecular weight excluding hydrogens is 478 g/mol. The van der Waals surface area contributed by atoms with Crippen LogP contribution in [0.4, 0.5) is 5.82 Å². The van der Waals surface area contributed by atoms with Crippen molar-refractivity contribution in [2.24, 2.45) is 5.92 Å². The number of likely N-dealkylation sites (tertiary alicyclic amines) is 1. The molecule has 2 fully saturated rings. The van der Waals surface area contributed by atoms with Crippen LogP contribution >= 0.6 is 0 Å². The summed E-state index contributed by atoms with van der Waals surface area (Å²) in [6.45, 7) is 7.21. The zero-order chi connectivity index (χ0) is 25.9. The number of fused-ring (bicyclic) bond motifs is 3. The summed E-state index contributed by atoms with van der Waals surface area (Å²) in [6, 6.07) is 4.73. The molecule has 6 heterocycles. The van der Waals surface area contributed by atoms with Crippen LogP contribution in [0.1, 0.15) is 82.1 Å². The second kappa shape index (κ2) is 11.4. The van der Waals surface area contributed by atoms with E-state index in [0.29, 0.717) is 19.1 Å². The molecule has 38 heavy (non-hydrogen) atoms. The second-order valence-corrected chi connectivity index (χ2v) is 11.3. The van der Waals surface area contributed by atoms with Crippen LogP contribution in [0, 0.1) is 5.92 Å². The number of anilines is 1. The molecule has 0 saturated carbocycles. The lowest BCUT2D eigenvalue weighted by Gasteiger charge is -2.34. The van der Waals surface area contributed by atoms with Gasteiger partial charge < -0.3 is 19.2 Å². The van der Waals surface area contributed by atoms with Crippen LogP contribution in [0.5, 0.6) is 0 Å². The fourth-order valence-corrected chi connectivity index (χ4v) is 6.59. The van der Waals surface area contributed by atoms with Gasteiger partial charge in [0.2, 0.25) is 5.91 Å². The minimum absolute atomic E-state index is 0.0812. The van der Waals surface area contributed by atoms with Crippen LogP contribution in [0.25, 0.3) is 11.2 Å². The van der Waals surface area contributed by atoms with Gasteiger partial charge in [0.05, 0.1) is 19.0 Å². The fourth-order valence-electron chi connectivity index (χ4n) is 6.59. The molecule has 204 valence electrons. The molecule has 0 spiro atoms. The lowest BCUT2D eigenvalue weighted by Crippen LogP contribution is -2.43. The number of imidazole rings is 1. The number of rotatable bonds is 7. The van der Waals surface area contributed by atoms with E-state index in [1.54, 1.807) is 6.33 Å². The highest BCUT2D eigenvalue weighted by Gasteiger charge is 2.29. The largest absolute Gasteiger partial charge is 0.463 e. The summed E-state index contributed by atoms with van der Waals surface area (Å²) in [4.78, 5) is 32.1. The number of nitrogens with one attached hydrogen (secondary N) is 1. The normalized spacial score (nSPS) is 22.8. The van der Waals surface area contributed by atoms with Gasteiger partial charge in [-0.15, -0.1) is 0 Å². The molecular formula is C29H41N7O2. The Bertz CT molecular complexity index is 1250. The summed E-state index contributed by atoms with van der Waals surface area (Å²) in [5.41, 5.74) is 1.81. The molecule has 9 nitrogen and oxygen atoms in total. The average molecular weight is 520 g/mol. The van der Waals surface area contributed by atoms with Gasteiger partial charge in [0, 0.05) is 32.1 Å². The van der Waals surface area contributed by atoms with Gasteiger partial charge in [0.1, 0.15) is 23.7 Å². The van der Waals surface area contributed by atoms with Gasteiger partial charge in [-0.3, -0.25) is 9.69 Å². The van der Waals surface area contributed by atoms with E-state index in [-0.39, 0.29) is 11.8 Å². The molecule has 0 bridgehead atoms. The topological polar surface area (TPSA) is 92.3 Å². The number of nitrogens with zero attached hydrogens (tertiary/aromatic N) is 6. The maximum absolute atomic E-state index is 13.2. The van der Waals surface area contributed by atoms with E-state index in [0.717, 1.165) is 79.8 Å². The van der Waals surface area contributed by atoms with Gasteiger partial charge in [-0.25, -0.2) is 15.0 Å². The van der Waals surface area contributed by atoms with Gasteiger partial charge in [-0.1, -0.05) is 19.8 Å². The van der Waals surface area contributed by atoms with Crippen LogP contribution in [0.2, 0.25) is 0 Å². The van der Waals surface area contributed by atoms with Crippen LogP contribution in [-0.4, -0.2) is 56.0 Å². The van der Waals surface area contributed by atoms with Crippen molar-refractivity contribution in [3.63, 3.8) is 0 Å². The van der Waals surface area contributed by atoms with Gasteiger partial charge in [0.25, 0.3) is 0 Å². The van der Waals surface area contributed by atoms with E-state index in [1.165, 1.54) is 44.9 Å². The third-order valence-corrected chi connectivity index (χ3v) is 8.70. The van der Waals surface area contributed by atoms with Crippen LogP contribution < -0.4 is 10.2 Å². The Kier molecular flexibility index (Phi) is 7.63.